The van der Waals surface area contributed by atoms with Crippen LogP contribution in [0.4, 0.5) is 0 Å². The third kappa shape index (κ3) is 2.99. The van der Waals surface area contributed by atoms with Crippen LogP contribution in [-0.4, -0.2) is 33.7 Å². The fourth-order valence-electron chi connectivity index (χ4n) is 5.97. The molecule has 0 unspecified atom stereocenters. The predicted octanol–water partition coefficient (Wildman–Crippen LogP) is 6.12. The summed E-state index contributed by atoms with van der Waals surface area (Å²) in [5.74, 6) is 0.0886. The number of carbonyl (C=O) groups excluding carboxylic acids is 2. The molecule has 4 heterocycles. The normalized spacial score (nSPS) is 22.4. The highest BCUT2D eigenvalue weighted by Crippen LogP contribution is 2.52. The maximum atomic E-state index is 14.1. The molecule has 2 saturated carbocycles. The van der Waals surface area contributed by atoms with Gasteiger partial charge in [0.15, 0.2) is 0 Å². The molecule has 0 radical (unpaired) electrons. The maximum Gasteiger partial charge on any atom is 0.261 e. The van der Waals surface area contributed by atoms with Crippen LogP contribution in [0.2, 0.25) is 0 Å². The van der Waals surface area contributed by atoms with Gasteiger partial charge in [-0.2, -0.15) is 0 Å². The van der Waals surface area contributed by atoms with Crippen LogP contribution in [0, 0.1) is 13.8 Å². The summed E-state index contributed by atoms with van der Waals surface area (Å²) < 4.78 is 0. The topological polar surface area (TPSA) is 40.6 Å². The molecule has 4 aliphatic rings. The highest BCUT2D eigenvalue weighted by molar-refractivity contribution is 7.13. The SMILES string of the molecule is Cc1ccc(C2=C3C(=O)N(C4CCCC4)C(c4ccc(C)s4)=C3C(=O)N2C2CCCC2)s1. The van der Waals surface area contributed by atoms with Crippen molar-refractivity contribution in [3.8, 4) is 0 Å². The Kier molecular flexibility index (Phi) is 4.92. The number of thiophene rings is 2. The first-order valence-corrected chi connectivity index (χ1v) is 13.5. The van der Waals surface area contributed by atoms with Crippen molar-refractivity contribution in [3.05, 3.63) is 54.9 Å². The largest absolute Gasteiger partial charge is 0.303 e. The molecule has 4 nitrogen and oxygen atoms in total. The van der Waals surface area contributed by atoms with Gasteiger partial charge < -0.3 is 9.80 Å². The van der Waals surface area contributed by atoms with Crippen LogP contribution in [0.15, 0.2) is 35.4 Å². The lowest BCUT2D eigenvalue weighted by Gasteiger charge is -2.30. The van der Waals surface area contributed by atoms with Gasteiger partial charge in [-0.15, -0.1) is 22.7 Å². The fourth-order valence-corrected chi connectivity index (χ4v) is 7.80. The Bertz CT molecular complexity index is 1080. The molecule has 0 atom stereocenters. The summed E-state index contributed by atoms with van der Waals surface area (Å²) in [6, 6.07) is 8.80. The van der Waals surface area contributed by atoms with Crippen molar-refractivity contribution in [2.45, 2.75) is 77.3 Å². The van der Waals surface area contributed by atoms with Crippen LogP contribution in [0.1, 0.15) is 70.9 Å². The molecule has 32 heavy (non-hydrogen) atoms. The number of hydrogen-bond acceptors (Lipinski definition) is 4. The standard InChI is InChI=1S/C26H28N2O2S2/c1-15-11-13-19(31-15)23-21-22(26(30)27(23)17-7-3-4-8-17)24(20-14-12-16(2)32-20)28(25(21)29)18-9-5-6-10-18/h11-14,17-18H,3-10H2,1-2H3. The molecule has 6 heteroatoms. The average molecular weight is 465 g/mol. The molecular weight excluding hydrogens is 436 g/mol. The van der Waals surface area contributed by atoms with Crippen molar-refractivity contribution in [1.82, 2.24) is 9.80 Å². The van der Waals surface area contributed by atoms with E-state index in [1.165, 1.54) is 9.75 Å². The number of aryl methyl sites for hydroxylation is 2. The van der Waals surface area contributed by atoms with E-state index >= 15 is 0 Å². The van der Waals surface area contributed by atoms with E-state index < -0.39 is 0 Å². The molecule has 2 aliphatic carbocycles. The molecule has 2 aliphatic heterocycles. The lowest BCUT2D eigenvalue weighted by molar-refractivity contribution is -0.125. The smallest absolute Gasteiger partial charge is 0.261 e. The highest BCUT2D eigenvalue weighted by Gasteiger charge is 2.52. The fraction of sp³-hybridized carbons (Fsp3) is 0.462. The van der Waals surface area contributed by atoms with Gasteiger partial charge in [-0.3, -0.25) is 9.59 Å². The summed E-state index contributed by atoms with van der Waals surface area (Å²) in [6.07, 6.45) is 8.69. The van der Waals surface area contributed by atoms with Crippen molar-refractivity contribution in [2.24, 2.45) is 0 Å². The minimum Gasteiger partial charge on any atom is -0.303 e. The summed E-state index contributed by atoms with van der Waals surface area (Å²) in [6.45, 7) is 4.18. The van der Waals surface area contributed by atoms with Crippen molar-refractivity contribution < 1.29 is 9.59 Å². The van der Waals surface area contributed by atoms with Gasteiger partial charge in [0.25, 0.3) is 11.8 Å². The molecule has 6 rings (SSSR count). The average Bonchev–Trinajstić information content (AvgIpc) is 3.55. The molecule has 0 aromatic carbocycles. The molecular formula is C26H28N2O2S2. The van der Waals surface area contributed by atoms with Crippen molar-refractivity contribution >= 4 is 45.9 Å². The van der Waals surface area contributed by atoms with Crippen molar-refractivity contribution in [3.63, 3.8) is 0 Å². The number of rotatable bonds is 4. The number of fused-ring (bicyclic) bond motifs is 1. The number of nitrogens with zero attached hydrogens (tertiary/aromatic N) is 2. The zero-order valence-corrected chi connectivity index (χ0v) is 20.3. The Morgan fingerprint density at radius 3 is 1.34 bits per heavy atom. The lowest BCUT2D eigenvalue weighted by Crippen LogP contribution is -2.37. The molecule has 2 aromatic heterocycles. The summed E-state index contributed by atoms with van der Waals surface area (Å²) in [7, 11) is 0. The van der Waals surface area contributed by atoms with Gasteiger partial charge in [-0.25, -0.2) is 0 Å². The van der Waals surface area contributed by atoms with Gasteiger partial charge in [-0.05, 0) is 63.8 Å². The van der Waals surface area contributed by atoms with Gasteiger partial charge in [0, 0.05) is 21.8 Å². The molecule has 166 valence electrons. The minimum atomic E-state index is 0.0443. The molecule has 0 saturated heterocycles. The Hall–Kier alpha value is -2.18. The number of carbonyl (C=O) groups is 2. The van der Waals surface area contributed by atoms with E-state index in [0.29, 0.717) is 11.1 Å². The first kappa shape index (κ1) is 20.4. The van der Waals surface area contributed by atoms with Crippen LogP contribution in [0.5, 0.6) is 0 Å². The molecule has 2 fully saturated rings. The van der Waals surface area contributed by atoms with Gasteiger partial charge in [-0.1, -0.05) is 25.7 Å². The Morgan fingerprint density at radius 2 is 1.03 bits per heavy atom. The summed E-state index contributed by atoms with van der Waals surface area (Å²) in [5, 5.41) is 0. The molecule has 0 bridgehead atoms. The summed E-state index contributed by atoms with van der Waals surface area (Å²) in [5.41, 5.74) is 3.09. The molecule has 0 N–H and O–H groups in total. The van der Waals surface area contributed by atoms with E-state index in [4.69, 9.17) is 0 Å². The molecule has 2 amide bonds. The van der Waals surface area contributed by atoms with Crippen LogP contribution in [0.3, 0.4) is 0 Å². The number of hydrogen-bond donors (Lipinski definition) is 0. The Morgan fingerprint density at radius 1 is 0.656 bits per heavy atom. The van der Waals surface area contributed by atoms with Gasteiger partial charge >= 0.3 is 0 Å². The minimum absolute atomic E-state index is 0.0443. The molecule has 2 aromatic rings. The second kappa shape index (κ2) is 7.70. The first-order chi connectivity index (χ1) is 15.5. The van der Waals surface area contributed by atoms with E-state index in [-0.39, 0.29) is 23.9 Å². The van der Waals surface area contributed by atoms with Gasteiger partial charge in [0.2, 0.25) is 0 Å². The molecule has 0 spiro atoms. The van der Waals surface area contributed by atoms with E-state index in [9.17, 15) is 9.59 Å². The quantitative estimate of drug-likeness (QED) is 0.547. The Labute approximate surface area is 197 Å². The van der Waals surface area contributed by atoms with Crippen LogP contribution in [-0.2, 0) is 9.59 Å². The van der Waals surface area contributed by atoms with Gasteiger partial charge in [0.05, 0.1) is 32.3 Å². The van der Waals surface area contributed by atoms with E-state index in [2.05, 4.69) is 38.1 Å². The number of amides is 2. The monoisotopic (exact) mass is 464 g/mol. The van der Waals surface area contributed by atoms with Crippen LogP contribution in [0.25, 0.3) is 11.4 Å². The summed E-state index contributed by atoms with van der Waals surface area (Å²) >= 11 is 3.39. The zero-order chi connectivity index (χ0) is 22.0. The second-order valence-corrected chi connectivity index (χ2v) is 12.1. The third-order valence-corrected chi connectivity index (χ3v) is 9.41. The second-order valence-electron chi connectivity index (χ2n) is 9.49. The third-order valence-electron chi connectivity index (χ3n) is 7.40. The van der Waals surface area contributed by atoms with E-state index in [0.717, 1.165) is 72.5 Å². The van der Waals surface area contributed by atoms with Gasteiger partial charge in [0.1, 0.15) is 0 Å². The predicted molar refractivity (Wildman–Crippen MR) is 130 cm³/mol. The first-order valence-electron chi connectivity index (χ1n) is 11.8. The van der Waals surface area contributed by atoms with Crippen LogP contribution < -0.4 is 0 Å². The van der Waals surface area contributed by atoms with E-state index in [1.54, 1.807) is 22.7 Å². The van der Waals surface area contributed by atoms with Crippen molar-refractivity contribution in [1.29, 1.82) is 0 Å². The maximum absolute atomic E-state index is 14.1. The Balaban J connectivity index is 1.60. The van der Waals surface area contributed by atoms with E-state index in [1.807, 2.05) is 9.80 Å². The van der Waals surface area contributed by atoms with Crippen LogP contribution >= 0.6 is 22.7 Å². The zero-order valence-electron chi connectivity index (χ0n) is 18.6. The lowest BCUT2D eigenvalue weighted by atomic mass is 10.1. The summed E-state index contributed by atoms with van der Waals surface area (Å²) in [4.78, 5) is 36.8. The highest BCUT2D eigenvalue weighted by atomic mass is 32.1. The van der Waals surface area contributed by atoms with Crippen molar-refractivity contribution in [2.75, 3.05) is 0 Å².